The fourth-order valence-electron chi connectivity index (χ4n) is 2.61. The van der Waals surface area contributed by atoms with E-state index in [1.165, 1.54) is 0 Å². The number of aromatic nitrogens is 1. The molecule has 29 heavy (non-hydrogen) atoms. The van der Waals surface area contributed by atoms with E-state index in [4.69, 9.17) is 16.3 Å². The van der Waals surface area contributed by atoms with Gasteiger partial charge in [0.2, 0.25) is 5.13 Å². The minimum Gasteiger partial charge on any atom is -0.487 e. The Balaban J connectivity index is 1.43. The van der Waals surface area contributed by atoms with E-state index in [-0.39, 0.29) is 0 Å². The summed E-state index contributed by atoms with van der Waals surface area (Å²) in [6.07, 6.45) is 1.74. The van der Waals surface area contributed by atoms with Crippen molar-refractivity contribution in [3.8, 4) is 5.75 Å². The Bertz CT molecular complexity index is 1120. The largest absolute Gasteiger partial charge is 0.487 e. The fraction of sp³-hybridized carbons (Fsp3) is 0.0476. The molecule has 0 aliphatic rings. The molecule has 0 bridgehead atoms. The molecule has 0 fully saturated rings. The van der Waals surface area contributed by atoms with Crippen molar-refractivity contribution >= 4 is 76.4 Å². The Hall–Kier alpha value is -1.93. The maximum absolute atomic E-state index is 5.95. The van der Waals surface area contributed by atoms with Gasteiger partial charge in [-0.3, -0.25) is 5.43 Å². The van der Waals surface area contributed by atoms with Crippen molar-refractivity contribution in [2.75, 3.05) is 5.43 Å². The van der Waals surface area contributed by atoms with Crippen LogP contribution < -0.4 is 10.2 Å². The van der Waals surface area contributed by atoms with Crippen molar-refractivity contribution in [1.82, 2.24) is 4.98 Å². The third-order valence-corrected chi connectivity index (χ3v) is 6.36. The maximum Gasteiger partial charge on any atom is 0.204 e. The van der Waals surface area contributed by atoms with E-state index < -0.39 is 0 Å². The third-order valence-electron chi connectivity index (χ3n) is 3.98. The molecule has 1 aromatic heterocycles. The van der Waals surface area contributed by atoms with Crippen molar-refractivity contribution in [2.24, 2.45) is 5.10 Å². The van der Waals surface area contributed by atoms with E-state index in [9.17, 15) is 0 Å². The lowest BCUT2D eigenvalue weighted by Crippen LogP contribution is -1.98. The van der Waals surface area contributed by atoms with Crippen molar-refractivity contribution in [3.05, 3.63) is 85.8 Å². The average molecular weight is 552 g/mol. The number of fused-ring (bicyclic) bond motifs is 1. The zero-order valence-electron chi connectivity index (χ0n) is 14.9. The molecular formula is C21H14Br2ClN3OS. The number of rotatable bonds is 6. The first-order valence-electron chi connectivity index (χ1n) is 8.59. The predicted molar refractivity (Wildman–Crippen MR) is 128 cm³/mol. The highest BCUT2D eigenvalue weighted by Gasteiger charge is 2.09. The molecule has 1 heterocycles. The van der Waals surface area contributed by atoms with E-state index in [0.29, 0.717) is 11.6 Å². The van der Waals surface area contributed by atoms with Crippen LogP contribution in [0.1, 0.15) is 11.1 Å². The van der Waals surface area contributed by atoms with Crippen molar-refractivity contribution in [1.29, 1.82) is 0 Å². The molecule has 0 aliphatic carbocycles. The van der Waals surface area contributed by atoms with E-state index in [2.05, 4.69) is 47.4 Å². The average Bonchev–Trinajstić information content (AvgIpc) is 3.11. The molecule has 0 saturated carbocycles. The predicted octanol–water partition coefficient (Wildman–Crippen LogP) is 7.50. The first-order valence-corrected chi connectivity index (χ1v) is 11.4. The number of benzene rings is 3. The van der Waals surface area contributed by atoms with Gasteiger partial charge in [0.05, 0.1) is 25.4 Å². The van der Waals surface area contributed by atoms with Crippen LogP contribution in [0.15, 0.2) is 74.7 Å². The van der Waals surface area contributed by atoms with Gasteiger partial charge in [-0.05, 0) is 79.4 Å². The van der Waals surface area contributed by atoms with Crippen molar-refractivity contribution in [2.45, 2.75) is 6.61 Å². The van der Waals surface area contributed by atoms with Crippen LogP contribution in [0.2, 0.25) is 5.02 Å². The number of anilines is 1. The summed E-state index contributed by atoms with van der Waals surface area (Å²) in [4.78, 5) is 4.50. The molecule has 0 amide bonds. The summed E-state index contributed by atoms with van der Waals surface area (Å²) in [6.45, 7) is 0.445. The highest BCUT2D eigenvalue weighted by molar-refractivity contribution is 9.11. The topological polar surface area (TPSA) is 46.5 Å². The van der Waals surface area contributed by atoms with E-state index >= 15 is 0 Å². The lowest BCUT2D eigenvalue weighted by atomic mass is 10.2. The molecule has 0 radical (unpaired) electrons. The Labute approximate surface area is 193 Å². The van der Waals surface area contributed by atoms with E-state index in [0.717, 1.165) is 41.2 Å². The lowest BCUT2D eigenvalue weighted by Gasteiger charge is -2.11. The molecule has 4 rings (SSSR count). The molecule has 0 unspecified atom stereocenters. The third kappa shape index (κ3) is 5.17. The van der Waals surface area contributed by atoms with Crippen LogP contribution >= 0.6 is 54.8 Å². The Morgan fingerprint density at radius 2 is 1.79 bits per heavy atom. The molecule has 3 aromatic carbocycles. The van der Waals surface area contributed by atoms with Gasteiger partial charge in [-0.1, -0.05) is 47.2 Å². The van der Waals surface area contributed by atoms with Crippen LogP contribution in [0, 0.1) is 0 Å². The van der Waals surface area contributed by atoms with Crippen LogP contribution in [-0.4, -0.2) is 11.2 Å². The van der Waals surface area contributed by atoms with E-state index in [1.807, 2.05) is 60.7 Å². The summed E-state index contributed by atoms with van der Waals surface area (Å²) in [7, 11) is 0. The van der Waals surface area contributed by atoms with Gasteiger partial charge in [0.15, 0.2) is 0 Å². The van der Waals surface area contributed by atoms with Gasteiger partial charge < -0.3 is 4.74 Å². The number of nitrogens with zero attached hydrogens (tertiary/aromatic N) is 2. The van der Waals surface area contributed by atoms with Gasteiger partial charge in [-0.15, -0.1) is 0 Å². The van der Waals surface area contributed by atoms with Gasteiger partial charge in [0.1, 0.15) is 12.4 Å². The zero-order chi connectivity index (χ0) is 20.2. The van der Waals surface area contributed by atoms with Gasteiger partial charge in [0.25, 0.3) is 0 Å². The fourth-order valence-corrected chi connectivity index (χ4v) is 5.00. The van der Waals surface area contributed by atoms with Gasteiger partial charge in [-0.2, -0.15) is 5.10 Å². The van der Waals surface area contributed by atoms with Crippen LogP contribution in [0.4, 0.5) is 5.13 Å². The molecule has 0 saturated heterocycles. The molecule has 0 aliphatic heterocycles. The molecule has 0 atom stereocenters. The monoisotopic (exact) mass is 549 g/mol. The minimum absolute atomic E-state index is 0.445. The number of para-hydroxylation sites is 1. The Morgan fingerprint density at radius 3 is 2.52 bits per heavy atom. The summed E-state index contributed by atoms with van der Waals surface area (Å²) in [5.41, 5.74) is 5.91. The molecule has 4 nitrogen and oxygen atoms in total. The number of ether oxygens (including phenoxy) is 1. The first kappa shape index (κ1) is 20.3. The van der Waals surface area contributed by atoms with Crippen LogP contribution in [-0.2, 0) is 6.61 Å². The number of hydrogen-bond acceptors (Lipinski definition) is 5. The Morgan fingerprint density at radius 1 is 1.07 bits per heavy atom. The van der Waals surface area contributed by atoms with Gasteiger partial charge in [0, 0.05) is 5.02 Å². The van der Waals surface area contributed by atoms with Crippen LogP contribution in [0.25, 0.3) is 10.2 Å². The maximum atomic E-state index is 5.95. The highest BCUT2D eigenvalue weighted by Crippen LogP contribution is 2.35. The Kier molecular flexibility index (Phi) is 6.50. The normalized spacial score (nSPS) is 11.3. The number of halogens is 3. The summed E-state index contributed by atoms with van der Waals surface area (Å²) in [5, 5.41) is 5.76. The summed E-state index contributed by atoms with van der Waals surface area (Å²) in [5.74, 6) is 0.733. The molecule has 1 N–H and O–H groups in total. The number of hydrazone groups is 1. The van der Waals surface area contributed by atoms with Crippen LogP contribution in [0.3, 0.4) is 0 Å². The number of nitrogens with one attached hydrogen (secondary N) is 1. The number of thiazole rings is 1. The molecular weight excluding hydrogens is 538 g/mol. The van der Waals surface area contributed by atoms with Crippen molar-refractivity contribution < 1.29 is 4.74 Å². The summed E-state index contributed by atoms with van der Waals surface area (Å²) in [6, 6.07) is 19.5. The standard InChI is InChI=1S/C21H14Br2ClN3OS/c22-16-9-14(11-25-27-21-26-18-3-1-2-4-19(18)29-21)10-17(23)20(16)28-12-13-5-7-15(24)8-6-13/h1-11H,12H2,(H,26,27)/b25-11-. The summed E-state index contributed by atoms with van der Waals surface area (Å²) < 4.78 is 8.74. The van der Waals surface area contributed by atoms with Crippen LogP contribution in [0.5, 0.6) is 5.75 Å². The molecule has 8 heteroatoms. The second-order valence-electron chi connectivity index (χ2n) is 6.09. The van der Waals surface area contributed by atoms with Crippen molar-refractivity contribution in [3.63, 3.8) is 0 Å². The minimum atomic E-state index is 0.445. The second-order valence-corrected chi connectivity index (χ2v) is 9.26. The molecule has 4 aromatic rings. The van der Waals surface area contributed by atoms with Gasteiger partial charge in [-0.25, -0.2) is 4.98 Å². The smallest absolute Gasteiger partial charge is 0.204 e. The quantitative estimate of drug-likeness (QED) is 0.199. The SMILES string of the molecule is Clc1ccc(COc2c(Br)cc(/C=N\Nc3nc4ccccc4s3)cc2Br)cc1. The number of hydrogen-bond donors (Lipinski definition) is 1. The molecule has 146 valence electrons. The summed E-state index contributed by atoms with van der Waals surface area (Å²) >= 11 is 14.6. The molecule has 0 spiro atoms. The van der Waals surface area contributed by atoms with E-state index in [1.54, 1.807) is 17.6 Å². The first-order chi connectivity index (χ1) is 14.1. The van der Waals surface area contributed by atoms with Gasteiger partial charge >= 0.3 is 0 Å². The lowest BCUT2D eigenvalue weighted by molar-refractivity contribution is 0.302. The highest BCUT2D eigenvalue weighted by atomic mass is 79.9. The second kappa shape index (κ2) is 9.26. The zero-order valence-corrected chi connectivity index (χ0v) is 19.6.